The number of carbonyl (C=O) groups excluding carboxylic acids is 2. The highest BCUT2D eigenvalue weighted by molar-refractivity contribution is 5.95. The fraction of sp³-hybridized carbons (Fsp3) is 0.407. The van der Waals surface area contributed by atoms with Crippen molar-refractivity contribution in [2.24, 2.45) is 5.92 Å². The average Bonchev–Trinajstić information content (AvgIpc) is 2.83. The molecule has 0 bridgehead atoms. The van der Waals surface area contributed by atoms with Gasteiger partial charge in [0, 0.05) is 18.7 Å². The molecule has 0 saturated heterocycles. The Balaban J connectivity index is 2.05. The van der Waals surface area contributed by atoms with E-state index >= 15 is 0 Å². The zero-order valence-corrected chi connectivity index (χ0v) is 20.4. The molecule has 0 aliphatic rings. The number of aliphatic hydroxyl groups is 1. The van der Waals surface area contributed by atoms with Crippen molar-refractivity contribution in [1.29, 1.82) is 0 Å². The first-order valence-electron chi connectivity index (χ1n) is 11.5. The van der Waals surface area contributed by atoms with Crippen LogP contribution >= 0.6 is 0 Å². The zero-order valence-electron chi connectivity index (χ0n) is 20.4. The SMILES string of the molecule is COC(=O)/C(=C/C(C)C)CC(=O)N[C@@H](Cc1ccccc1)[C@H](O)CNCc1cccc(OC)c1. The topological polar surface area (TPSA) is 96.9 Å². The molecule has 0 heterocycles. The number of methoxy groups -OCH3 is 2. The van der Waals surface area contributed by atoms with Crippen molar-refractivity contribution in [2.45, 2.75) is 45.4 Å². The van der Waals surface area contributed by atoms with E-state index in [0.717, 1.165) is 16.9 Å². The van der Waals surface area contributed by atoms with Crippen molar-refractivity contribution in [2.75, 3.05) is 20.8 Å². The van der Waals surface area contributed by atoms with Crippen LogP contribution in [0.3, 0.4) is 0 Å². The Hall–Kier alpha value is -3.16. The summed E-state index contributed by atoms with van der Waals surface area (Å²) in [6.07, 6.45) is 1.23. The molecule has 2 aromatic carbocycles. The standard InChI is InChI=1S/C27H36N2O5/c1-19(2)13-22(27(32)34-4)16-26(31)29-24(15-20-9-6-5-7-10-20)25(30)18-28-17-21-11-8-12-23(14-21)33-3/h5-14,19,24-25,28,30H,15-18H2,1-4H3,(H,29,31)/b22-13+/t24-,25+/m0/s1. The van der Waals surface area contributed by atoms with Gasteiger partial charge in [0.15, 0.2) is 0 Å². The van der Waals surface area contributed by atoms with E-state index in [1.807, 2.05) is 68.4 Å². The number of aliphatic hydroxyl groups excluding tert-OH is 1. The Morgan fingerprint density at radius 1 is 1.03 bits per heavy atom. The molecule has 0 aromatic heterocycles. The number of hydrogen-bond acceptors (Lipinski definition) is 6. The zero-order chi connectivity index (χ0) is 24.9. The Bertz CT molecular complexity index is 943. The maximum Gasteiger partial charge on any atom is 0.333 e. The van der Waals surface area contributed by atoms with Crippen molar-refractivity contribution in [1.82, 2.24) is 10.6 Å². The number of benzene rings is 2. The minimum absolute atomic E-state index is 0.0911. The first kappa shape index (κ1) is 27.1. The van der Waals surface area contributed by atoms with E-state index in [0.29, 0.717) is 18.5 Å². The third-order valence-corrected chi connectivity index (χ3v) is 5.26. The van der Waals surface area contributed by atoms with Gasteiger partial charge in [0.05, 0.1) is 32.8 Å². The molecule has 3 N–H and O–H groups in total. The maximum absolute atomic E-state index is 12.8. The molecular formula is C27H36N2O5. The molecule has 7 heteroatoms. The van der Waals surface area contributed by atoms with E-state index < -0.39 is 18.1 Å². The third-order valence-electron chi connectivity index (χ3n) is 5.26. The second kappa shape index (κ2) is 14.2. The van der Waals surface area contributed by atoms with Gasteiger partial charge in [-0.25, -0.2) is 4.79 Å². The number of amides is 1. The van der Waals surface area contributed by atoms with Gasteiger partial charge in [0.25, 0.3) is 0 Å². The van der Waals surface area contributed by atoms with Crippen LogP contribution in [0.5, 0.6) is 5.75 Å². The van der Waals surface area contributed by atoms with Crippen LogP contribution < -0.4 is 15.4 Å². The number of carbonyl (C=O) groups is 2. The van der Waals surface area contributed by atoms with E-state index in [-0.39, 0.29) is 24.8 Å². The summed E-state index contributed by atoms with van der Waals surface area (Å²) in [6, 6.07) is 16.8. The van der Waals surface area contributed by atoms with Crippen LogP contribution in [-0.2, 0) is 27.3 Å². The average molecular weight is 469 g/mol. The van der Waals surface area contributed by atoms with Crippen LogP contribution in [0.2, 0.25) is 0 Å². The summed E-state index contributed by atoms with van der Waals surface area (Å²) in [5.41, 5.74) is 2.32. The van der Waals surface area contributed by atoms with Gasteiger partial charge in [-0.2, -0.15) is 0 Å². The molecular weight excluding hydrogens is 432 g/mol. The maximum atomic E-state index is 12.8. The molecule has 2 aromatic rings. The van der Waals surface area contributed by atoms with Gasteiger partial charge in [-0.3, -0.25) is 4.79 Å². The first-order valence-corrected chi connectivity index (χ1v) is 11.5. The number of esters is 1. The lowest BCUT2D eigenvalue weighted by molar-refractivity contribution is -0.137. The molecule has 1 amide bonds. The van der Waals surface area contributed by atoms with Crippen LogP contribution in [0, 0.1) is 5.92 Å². The molecule has 0 saturated carbocycles. The normalized spacial score (nSPS) is 13.3. The molecule has 7 nitrogen and oxygen atoms in total. The van der Waals surface area contributed by atoms with Crippen LogP contribution in [0.25, 0.3) is 0 Å². The van der Waals surface area contributed by atoms with Gasteiger partial charge < -0.3 is 25.2 Å². The summed E-state index contributed by atoms with van der Waals surface area (Å²) < 4.78 is 10.1. The summed E-state index contributed by atoms with van der Waals surface area (Å²) in [4.78, 5) is 24.9. The molecule has 0 aliphatic heterocycles. The lowest BCUT2D eigenvalue weighted by Crippen LogP contribution is -2.48. The van der Waals surface area contributed by atoms with Crippen molar-refractivity contribution in [3.8, 4) is 5.75 Å². The van der Waals surface area contributed by atoms with E-state index in [2.05, 4.69) is 10.6 Å². The predicted molar refractivity (Wildman–Crippen MR) is 132 cm³/mol. The summed E-state index contributed by atoms with van der Waals surface area (Å²) in [6.45, 7) is 4.68. The van der Waals surface area contributed by atoms with Crippen molar-refractivity contribution in [3.05, 3.63) is 77.4 Å². The molecule has 0 aliphatic carbocycles. The molecule has 0 spiro atoms. The number of ether oxygens (including phenoxy) is 2. The Kier molecular flexibility index (Phi) is 11.3. The Morgan fingerprint density at radius 2 is 1.74 bits per heavy atom. The van der Waals surface area contributed by atoms with E-state index in [4.69, 9.17) is 9.47 Å². The first-order chi connectivity index (χ1) is 16.3. The fourth-order valence-corrected chi connectivity index (χ4v) is 3.60. The van der Waals surface area contributed by atoms with Gasteiger partial charge in [-0.15, -0.1) is 0 Å². The Morgan fingerprint density at radius 3 is 2.38 bits per heavy atom. The van der Waals surface area contributed by atoms with Gasteiger partial charge >= 0.3 is 5.97 Å². The van der Waals surface area contributed by atoms with E-state index in [1.165, 1.54) is 7.11 Å². The largest absolute Gasteiger partial charge is 0.497 e. The summed E-state index contributed by atoms with van der Waals surface area (Å²) in [5.74, 6) is -0.00705. The second-order valence-corrected chi connectivity index (χ2v) is 8.52. The second-order valence-electron chi connectivity index (χ2n) is 8.52. The third kappa shape index (κ3) is 9.37. The van der Waals surface area contributed by atoms with Crippen LogP contribution in [0.4, 0.5) is 0 Å². The van der Waals surface area contributed by atoms with Gasteiger partial charge in [-0.1, -0.05) is 62.4 Å². The van der Waals surface area contributed by atoms with Gasteiger partial charge in [0.2, 0.25) is 5.91 Å². The number of rotatable bonds is 13. The lowest BCUT2D eigenvalue weighted by atomic mass is 10.00. The molecule has 2 rings (SSSR count). The van der Waals surface area contributed by atoms with E-state index in [9.17, 15) is 14.7 Å². The fourth-order valence-electron chi connectivity index (χ4n) is 3.60. The van der Waals surface area contributed by atoms with Crippen molar-refractivity contribution >= 4 is 11.9 Å². The van der Waals surface area contributed by atoms with Crippen LogP contribution in [0.15, 0.2) is 66.2 Å². The lowest BCUT2D eigenvalue weighted by Gasteiger charge is -2.25. The predicted octanol–water partition coefficient (Wildman–Crippen LogP) is 3.02. The monoisotopic (exact) mass is 468 g/mol. The van der Waals surface area contributed by atoms with Gasteiger partial charge in [0.1, 0.15) is 5.75 Å². The summed E-state index contributed by atoms with van der Waals surface area (Å²) in [7, 11) is 2.92. The molecule has 2 atom stereocenters. The van der Waals surface area contributed by atoms with Crippen LogP contribution in [-0.4, -0.2) is 49.9 Å². The highest BCUT2D eigenvalue weighted by Crippen LogP contribution is 2.13. The number of nitrogens with one attached hydrogen (secondary N) is 2. The molecule has 34 heavy (non-hydrogen) atoms. The van der Waals surface area contributed by atoms with Gasteiger partial charge in [-0.05, 0) is 35.6 Å². The van der Waals surface area contributed by atoms with Crippen molar-refractivity contribution in [3.63, 3.8) is 0 Å². The smallest absolute Gasteiger partial charge is 0.333 e. The summed E-state index contributed by atoms with van der Waals surface area (Å²) in [5, 5.41) is 17.1. The number of hydrogen-bond donors (Lipinski definition) is 3. The molecule has 184 valence electrons. The van der Waals surface area contributed by atoms with E-state index in [1.54, 1.807) is 13.2 Å². The molecule has 0 fully saturated rings. The van der Waals surface area contributed by atoms with Crippen molar-refractivity contribution < 1.29 is 24.2 Å². The highest BCUT2D eigenvalue weighted by atomic mass is 16.5. The molecule has 0 unspecified atom stereocenters. The molecule has 0 radical (unpaired) electrons. The number of allylic oxidation sites excluding steroid dienone is 1. The van der Waals surface area contributed by atoms with Crippen LogP contribution in [0.1, 0.15) is 31.4 Å². The summed E-state index contributed by atoms with van der Waals surface area (Å²) >= 11 is 0. The minimum atomic E-state index is -0.842. The highest BCUT2D eigenvalue weighted by Gasteiger charge is 2.23. The Labute approximate surface area is 202 Å². The minimum Gasteiger partial charge on any atom is -0.497 e. The quantitative estimate of drug-likeness (QED) is 0.309.